The van der Waals surface area contributed by atoms with Crippen molar-refractivity contribution in [1.82, 2.24) is 0 Å². The largest absolute Gasteiger partial charge is 0.481 e. The fraction of sp³-hybridized carbons (Fsp3) is 0.854. The van der Waals surface area contributed by atoms with Crippen molar-refractivity contribution < 1.29 is 37.9 Å². The van der Waals surface area contributed by atoms with E-state index in [4.69, 9.17) is 20.1 Å². The maximum atomic E-state index is 11.7. The Morgan fingerprint density at radius 2 is 0.902 bits per heavy atom. The van der Waals surface area contributed by atoms with E-state index in [1.165, 1.54) is 128 Å². The molecule has 0 spiro atoms. The molecule has 0 saturated heterocycles. The number of carbonyl (C=O) groups is 2. The highest BCUT2D eigenvalue weighted by Crippen LogP contribution is 2.42. The van der Waals surface area contributed by atoms with Gasteiger partial charge in [-0.05, 0) is 64.2 Å². The second kappa shape index (κ2) is 42.9. The van der Waals surface area contributed by atoms with Gasteiger partial charge in [0.25, 0.3) is 0 Å². The quantitative estimate of drug-likeness (QED) is 0.0243. The molecule has 0 aromatic rings. The molecule has 51 heavy (non-hydrogen) atoms. The number of hydrogen-bond acceptors (Lipinski definition) is 7. The van der Waals surface area contributed by atoms with E-state index in [1.54, 1.807) is 0 Å². The lowest BCUT2D eigenvalue weighted by Gasteiger charge is -2.11. The fourth-order valence-electron chi connectivity index (χ4n) is 5.39. The Balaban J connectivity index is 0. The van der Waals surface area contributed by atoms with Gasteiger partial charge in [-0.25, -0.2) is 4.57 Å². The zero-order chi connectivity index (χ0) is 37.9. The average molecular weight is 746 g/mol. The van der Waals surface area contributed by atoms with Gasteiger partial charge in [0, 0.05) is 25.8 Å². The summed E-state index contributed by atoms with van der Waals surface area (Å²) in [5.41, 5.74) is 5.19. The molecule has 0 amide bonds. The van der Waals surface area contributed by atoms with Gasteiger partial charge < -0.3 is 20.5 Å². The number of aliphatic carboxylic acids is 1. The predicted octanol–water partition coefficient (Wildman–Crippen LogP) is 12.2. The van der Waals surface area contributed by atoms with Crippen molar-refractivity contribution in [2.24, 2.45) is 5.73 Å². The number of unbranched alkanes of at least 4 members (excludes halogenated alkanes) is 22. The van der Waals surface area contributed by atoms with Crippen LogP contribution < -0.4 is 5.73 Å². The molecular weight excluding hydrogens is 665 g/mol. The summed E-state index contributed by atoms with van der Waals surface area (Å²) < 4.78 is 25.8. The highest BCUT2D eigenvalue weighted by Gasteiger charge is 2.19. The second-order valence-corrected chi connectivity index (χ2v) is 15.0. The number of nitrogens with two attached hydrogens (primary N) is 1. The first-order chi connectivity index (χ1) is 24.8. The third kappa shape index (κ3) is 48.5. The molecule has 1 atom stereocenters. The standard InChI is InChI=1S/C23H46NO6P.C18H34O2/c1-2-3-4-5-6-7-8-9-10-11-12-13-14-15-16-18-23(25)28-20-17-21-29-31(26,27)30-22-19-24;1-2-3-4-5-6-7-8-9-10-11-12-13-14-15-16-17-18(19)20/h9-10H,2-8,11-22,24H2,1H3,(H,26,27);9-10H,2-8,11-17H2,1H3,(H,19,20)/b2*10-9-. The van der Waals surface area contributed by atoms with Gasteiger partial charge in [0.15, 0.2) is 0 Å². The number of ether oxygens (including phenoxy) is 1. The number of carboxylic acid groups (broad SMARTS) is 1. The van der Waals surface area contributed by atoms with Crippen LogP contribution in [0.2, 0.25) is 0 Å². The Hall–Kier alpha value is -1.51. The van der Waals surface area contributed by atoms with E-state index < -0.39 is 13.8 Å². The monoisotopic (exact) mass is 746 g/mol. The first-order valence-electron chi connectivity index (χ1n) is 20.8. The summed E-state index contributed by atoms with van der Waals surface area (Å²) in [5.74, 6) is -0.896. The number of carboxylic acids is 1. The Kier molecular flexibility index (Phi) is 43.4. The summed E-state index contributed by atoms with van der Waals surface area (Å²) >= 11 is 0. The van der Waals surface area contributed by atoms with E-state index in [0.29, 0.717) is 19.3 Å². The van der Waals surface area contributed by atoms with Crippen molar-refractivity contribution in [2.45, 2.75) is 200 Å². The van der Waals surface area contributed by atoms with Gasteiger partial charge in [-0.1, -0.05) is 141 Å². The van der Waals surface area contributed by atoms with Crippen molar-refractivity contribution in [2.75, 3.05) is 26.4 Å². The maximum Gasteiger partial charge on any atom is 0.472 e. The van der Waals surface area contributed by atoms with Gasteiger partial charge in [0.1, 0.15) is 0 Å². The molecule has 0 aliphatic rings. The van der Waals surface area contributed by atoms with Gasteiger partial charge >= 0.3 is 19.8 Å². The second-order valence-electron chi connectivity index (χ2n) is 13.6. The van der Waals surface area contributed by atoms with E-state index in [-0.39, 0.29) is 32.3 Å². The predicted molar refractivity (Wildman–Crippen MR) is 213 cm³/mol. The zero-order valence-corrected chi connectivity index (χ0v) is 33.9. The van der Waals surface area contributed by atoms with Crippen LogP contribution in [0.3, 0.4) is 0 Å². The molecule has 0 bridgehead atoms. The molecule has 0 aliphatic heterocycles. The number of carbonyl (C=O) groups excluding carboxylic acids is 1. The van der Waals surface area contributed by atoms with Crippen molar-refractivity contribution in [3.8, 4) is 0 Å². The molecule has 0 fully saturated rings. The Morgan fingerprint density at radius 3 is 1.31 bits per heavy atom. The first kappa shape index (κ1) is 51.6. The van der Waals surface area contributed by atoms with Crippen molar-refractivity contribution >= 4 is 19.8 Å². The van der Waals surface area contributed by atoms with Crippen LogP contribution in [-0.2, 0) is 27.9 Å². The summed E-state index contributed by atoms with van der Waals surface area (Å²) in [5, 5.41) is 8.51. The molecule has 0 aromatic carbocycles. The van der Waals surface area contributed by atoms with E-state index in [9.17, 15) is 19.0 Å². The Bertz CT molecular complexity index is 852. The van der Waals surface area contributed by atoms with Crippen LogP contribution >= 0.6 is 7.82 Å². The van der Waals surface area contributed by atoms with E-state index in [1.807, 2.05) is 0 Å². The highest BCUT2D eigenvalue weighted by atomic mass is 31.2. The lowest BCUT2D eigenvalue weighted by atomic mass is 10.1. The van der Waals surface area contributed by atoms with Gasteiger partial charge in [-0.15, -0.1) is 0 Å². The molecule has 0 heterocycles. The maximum absolute atomic E-state index is 11.7. The van der Waals surface area contributed by atoms with Gasteiger partial charge in [-0.3, -0.25) is 18.6 Å². The van der Waals surface area contributed by atoms with Crippen LogP contribution in [0.1, 0.15) is 200 Å². The lowest BCUT2D eigenvalue weighted by molar-refractivity contribution is -0.144. The van der Waals surface area contributed by atoms with Crippen LogP contribution in [0.4, 0.5) is 0 Å². The minimum absolute atomic E-state index is 0.0148. The van der Waals surface area contributed by atoms with Gasteiger partial charge in [0.05, 0.1) is 19.8 Å². The molecule has 4 N–H and O–H groups in total. The van der Waals surface area contributed by atoms with Crippen LogP contribution in [0.15, 0.2) is 24.3 Å². The lowest BCUT2D eigenvalue weighted by Crippen LogP contribution is -2.10. The molecular formula is C41H80NO8P. The van der Waals surface area contributed by atoms with E-state index in [2.05, 4.69) is 42.7 Å². The SMILES string of the molecule is CCCCCCCC/C=C\CCCCCCCC(=O)O.CCCCCCCC/C=C\CCCCCCCC(=O)OCCCOP(=O)(O)OCCN. The zero-order valence-electron chi connectivity index (χ0n) is 33.0. The summed E-state index contributed by atoms with van der Waals surface area (Å²) in [6.07, 6.45) is 42.5. The van der Waals surface area contributed by atoms with Crippen molar-refractivity contribution in [1.29, 1.82) is 0 Å². The van der Waals surface area contributed by atoms with E-state index in [0.717, 1.165) is 38.5 Å². The van der Waals surface area contributed by atoms with Crippen molar-refractivity contribution in [3.05, 3.63) is 24.3 Å². The molecule has 302 valence electrons. The number of esters is 1. The molecule has 9 nitrogen and oxygen atoms in total. The number of allylic oxidation sites excluding steroid dienone is 4. The summed E-state index contributed by atoms with van der Waals surface area (Å²) in [6.45, 7) is 4.76. The van der Waals surface area contributed by atoms with Crippen LogP contribution in [-0.4, -0.2) is 48.3 Å². The van der Waals surface area contributed by atoms with Crippen LogP contribution in [0.25, 0.3) is 0 Å². The molecule has 0 aromatic heterocycles. The summed E-state index contributed by atoms with van der Waals surface area (Å²) in [7, 11) is -4.04. The third-order valence-electron chi connectivity index (χ3n) is 8.47. The molecule has 0 aliphatic carbocycles. The normalized spacial score (nSPS) is 12.6. The number of phosphoric acid groups is 1. The topological polar surface area (TPSA) is 145 Å². The number of phosphoric ester groups is 1. The van der Waals surface area contributed by atoms with E-state index >= 15 is 0 Å². The Labute approximate surface area is 313 Å². The Morgan fingerprint density at radius 1 is 0.529 bits per heavy atom. The molecule has 0 radical (unpaired) electrons. The molecule has 1 unspecified atom stereocenters. The molecule has 10 heteroatoms. The minimum atomic E-state index is -4.04. The van der Waals surface area contributed by atoms with Crippen LogP contribution in [0.5, 0.6) is 0 Å². The van der Waals surface area contributed by atoms with Gasteiger partial charge in [0.2, 0.25) is 0 Å². The summed E-state index contributed by atoms with van der Waals surface area (Å²) in [4.78, 5) is 31.3. The minimum Gasteiger partial charge on any atom is -0.481 e. The molecule has 0 saturated carbocycles. The number of hydrogen-bond donors (Lipinski definition) is 3. The first-order valence-corrected chi connectivity index (χ1v) is 22.3. The third-order valence-corrected chi connectivity index (χ3v) is 9.49. The number of rotatable bonds is 38. The van der Waals surface area contributed by atoms with Crippen molar-refractivity contribution in [3.63, 3.8) is 0 Å². The fourth-order valence-corrected chi connectivity index (χ4v) is 6.16. The van der Waals surface area contributed by atoms with Crippen LogP contribution in [0, 0.1) is 0 Å². The summed E-state index contributed by atoms with van der Waals surface area (Å²) in [6, 6.07) is 0. The molecule has 0 rings (SSSR count). The smallest absolute Gasteiger partial charge is 0.472 e. The average Bonchev–Trinajstić information content (AvgIpc) is 3.10. The van der Waals surface area contributed by atoms with Gasteiger partial charge in [-0.2, -0.15) is 0 Å². The highest BCUT2D eigenvalue weighted by molar-refractivity contribution is 7.47.